The first kappa shape index (κ1) is 20.8. The van der Waals surface area contributed by atoms with Gasteiger partial charge in [0.15, 0.2) is 6.61 Å². The predicted molar refractivity (Wildman–Crippen MR) is 123 cm³/mol. The summed E-state index contributed by atoms with van der Waals surface area (Å²) in [6.07, 6.45) is 1.82. The minimum absolute atomic E-state index is 0.0670. The second kappa shape index (κ2) is 9.52. The molecular weight excluding hydrogens is 428 g/mol. The van der Waals surface area contributed by atoms with Gasteiger partial charge in [0, 0.05) is 11.9 Å². The van der Waals surface area contributed by atoms with Gasteiger partial charge < -0.3 is 10.1 Å². The van der Waals surface area contributed by atoms with Gasteiger partial charge in [-0.2, -0.15) is 0 Å². The largest absolute Gasteiger partial charge is 0.483 e. The zero-order chi connectivity index (χ0) is 20.8. The molecule has 4 nitrogen and oxygen atoms in total. The molecule has 0 bridgehead atoms. The molecule has 29 heavy (non-hydrogen) atoms. The first-order valence-electron chi connectivity index (χ1n) is 9.31. The van der Waals surface area contributed by atoms with E-state index in [-0.39, 0.29) is 12.5 Å². The highest BCUT2D eigenvalue weighted by atomic mass is 79.9. The van der Waals surface area contributed by atoms with Crippen LogP contribution >= 0.6 is 15.9 Å². The third kappa shape index (κ3) is 5.78. The molecule has 0 saturated carbocycles. The maximum atomic E-state index is 12.1. The minimum Gasteiger partial charge on any atom is -0.483 e. The van der Waals surface area contributed by atoms with Crippen molar-refractivity contribution in [2.24, 2.45) is 4.99 Å². The van der Waals surface area contributed by atoms with Crippen LogP contribution in [0.4, 0.5) is 11.4 Å². The Hall–Kier alpha value is -2.92. The molecule has 0 heterocycles. The van der Waals surface area contributed by atoms with Crippen molar-refractivity contribution in [3.63, 3.8) is 0 Å². The second-order valence-corrected chi connectivity index (χ2v) is 7.73. The Bertz CT molecular complexity index is 1060. The second-order valence-electron chi connectivity index (χ2n) is 6.87. The highest BCUT2D eigenvalue weighted by molar-refractivity contribution is 9.10. The van der Waals surface area contributed by atoms with Crippen molar-refractivity contribution in [3.8, 4) is 5.75 Å². The van der Waals surface area contributed by atoms with Crippen molar-refractivity contribution in [1.29, 1.82) is 0 Å². The van der Waals surface area contributed by atoms with E-state index in [1.54, 1.807) is 0 Å². The highest BCUT2D eigenvalue weighted by Crippen LogP contribution is 2.26. The number of nitrogens with zero attached hydrogens (tertiary/aromatic N) is 1. The lowest BCUT2D eigenvalue weighted by atomic mass is 10.1. The molecule has 1 amide bonds. The van der Waals surface area contributed by atoms with Gasteiger partial charge >= 0.3 is 0 Å². The molecule has 3 rings (SSSR count). The summed E-state index contributed by atoms with van der Waals surface area (Å²) in [4.78, 5) is 16.7. The monoisotopic (exact) mass is 450 g/mol. The SMILES string of the molecule is Cc1cccc(NC(=O)COc2ccc(C=Nc3cccc(C)c3C)cc2Br)c1. The summed E-state index contributed by atoms with van der Waals surface area (Å²) in [6.45, 7) is 6.06. The van der Waals surface area contributed by atoms with Gasteiger partial charge in [-0.15, -0.1) is 0 Å². The summed E-state index contributed by atoms with van der Waals surface area (Å²) in [5.41, 5.74) is 6.12. The van der Waals surface area contributed by atoms with Crippen molar-refractivity contribution in [1.82, 2.24) is 0 Å². The number of hydrogen-bond acceptors (Lipinski definition) is 3. The molecule has 0 fully saturated rings. The fourth-order valence-corrected chi connectivity index (χ4v) is 3.31. The first-order valence-corrected chi connectivity index (χ1v) is 10.1. The Morgan fingerprint density at radius 2 is 1.86 bits per heavy atom. The molecule has 0 atom stereocenters. The molecule has 0 aliphatic heterocycles. The van der Waals surface area contributed by atoms with E-state index < -0.39 is 0 Å². The highest BCUT2D eigenvalue weighted by Gasteiger charge is 2.07. The molecule has 3 aromatic carbocycles. The third-order valence-corrected chi connectivity index (χ3v) is 5.16. The fourth-order valence-electron chi connectivity index (χ4n) is 2.80. The van der Waals surface area contributed by atoms with Gasteiger partial charge in [-0.3, -0.25) is 9.79 Å². The summed E-state index contributed by atoms with van der Waals surface area (Å²) in [6, 6.07) is 19.4. The molecule has 148 valence electrons. The zero-order valence-corrected chi connectivity index (χ0v) is 18.3. The van der Waals surface area contributed by atoms with E-state index in [2.05, 4.69) is 46.2 Å². The number of amides is 1. The van der Waals surface area contributed by atoms with Gasteiger partial charge in [0.25, 0.3) is 5.91 Å². The van der Waals surface area contributed by atoms with Crippen LogP contribution in [-0.4, -0.2) is 18.7 Å². The van der Waals surface area contributed by atoms with Crippen LogP contribution in [0.25, 0.3) is 0 Å². The quantitative estimate of drug-likeness (QED) is 0.458. The Labute approximate surface area is 179 Å². The standard InChI is InChI=1S/C24H23BrN2O2/c1-16-6-4-8-20(12-16)27-24(28)15-29-23-11-10-19(13-21(23)25)14-26-22-9-5-7-17(2)18(22)3/h4-14H,15H2,1-3H3,(H,27,28). The van der Waals surface area contributed by atoms with E-state index in [1.807, 2.05) is 67.7 Å². The average Bonchev–Trinajstić information content (AvgIpc) is 2.68. The van der Waals surface area contributed by atoms with Crippen molar-refractivity contribution >= 4 is 39.4 Å². The van der Waals surface area contributed by atoms with Gasteiger partial charge in [0.2, 0.25) is 0 Å². The topological polar surface area (TPSA) is 50.7 Å². The summed E-state index contributed by atoms with van der Waals surface area (Å²) in [5, 5.41) is 2.83. The molecule has 0 saturated heterocycles. The predicted octanol–water partition coefficient (Wildman–Crippen LogP) is 6.14. The number of carbonyl (C=O) groups is 1. The summed E-state index contributed by atoms with van der Waals surface area (Å²) < 4.78 is 6.42. The Kier molecular flexibility index (Phi) is 6.83. The zero-order valence-electron chi connectivity index (χ0n) is 16.7. The molecule has 3 aromatic rings. The number of hydrogen-bond donors (Lipinski definition) is 1. The number of halogens is 1. The maximum Gasteiger partial charge on any atom is 0.262 e. The Morgan fingerprint density at radius 3 is 2.62 bits per heavy atom. The van der Waals surface area contributed by atoms with Crippen LogP contribution in [-0.2, 0) is 4.79 Å². The number of nitrogens with one attached hydrogen (secondary N) is 1. The van der Waals surface area contributed by atoms with Crippen LogP contribution < -0.4 is 10.1 Å². The van der Waals surface area contributed by atoms with Gasteiger partial charge in [0.05, 0.1) is 10.2 Å². The molecule has 0 aliphatic rings. The smallest absolute Gasteiger partial charge is 0.262 e. The van der Waals surface area contributed by atoms with Crippen molar-refractivity contribution in [3.05, 3.63) is 87.4 Å². The van der Waals surface area contributed by atoms with Crippen molar-refractivity contribution in [2.75, 3.05) is 11.9 Å². The number of aliphatic imine (C=N–C) groups is 1. The van der Waals surface area contributed by atoms with E-state index in [9.17, 15) is 4.79 Å². The van der Waals surface area contributed by atoms with E-state index in [0.29, 0.717) is 5.75 Å². The molecule has 1 N–H and O–H groups in total. The van der Waals surface area contributed by atoms with Crippen LogP contribution in [0.15, 0.2) is 70.1 Å². The maximum absolute atomic E-state index is 12.1. The molecule has 0 aromatic heterocycles. The number of benzene rings is 3. The Morgan fingerprint density at radius 1 is 1.07 bits per heavy atom. The van der Waals surface area contributed by atoms with Gasteiger partial charge in [0.1, 0.15) is 5.75 Å². The molecule has 5 heteroatoms. The van der Waals surface area contributed by atoms with Crippen LogP contribution in [0.2, 0.25) is 0 Å². The normalized spacial score (nSPS) is 10.9. The lowest BCUT2D eigenvalue weighted by molar-refractivity contribution is -0.118. The number of anilines is 1. The van der Waals surface area contributed by atoms with Gasteiger partial charge in [-0.1, -0.05) is 24.3 Å². The number of ether oxygens (including phenoxy) is 1. The molecule has 0 spiro atoms. The lowest BCUT2D eigenvalue weighted by Gasteiger charge is -2.10. The molecular formula is C24H23BrN2O2. The fraction of sp³-hybridized carbons (Fsp3) is 0.167. The minimum atomic E-state index is -0.205. The molecule has 0 unspecified atom stereocenters. The summed E-state index contributed by atoms with van der Waals surface area (Å²) in [7, 11) is 0. The van der Waals surface area contributed by atoms with Crippen molar-refractivity contribution < 1.29 is 9.53 Å². The summed E-state index contributed by atoms with van der Waals surface area (Å²) >= 11 is 3.51. The van der Waals surface area contributed by atoms with Gasteiger partial charge in [-0.05, 0) is 95.4 Å². The average molecular weight is 451 g/mol. The first-order chi connectivity index (χ1) is 13.9. The summed E-state index contributed by atoms with van der Waals surface area (Å²) in [5.74, 6) is 0.399. The van der Waals surface area contributed by atoms with Crippen molar-refractivity contribution in [2.45, 2.75) is 20.8 Å². The number of rotatable bonds is 6. The van der Waals surface area contributed by atoms with Crippen LogP contribution in [0.3, 0.4) is 0 Å². The van der Waals surface area contributed by atoms with Crippen LogP contribution in [0, 0.1) is 20.8 Å². The van der Waals surface area contributed by atoms with Crippen LogP contribution in [0.1, 0.15) is 22.3 Å². The van der Waals surface area contributed by atoms with E-state index >= 15 is 0 Å². The van der Waals surface area contributed by atoms with Crippen LogP contribution in [0.5, 0.6) is 5.75 Å². The van der Waals surface area contributed by atoms with E-state index in [1.165, 1.54) is 11.1 Å². The molecule has 0 aliphatic carbocycles. The Balaban J connectivity index is 1.61. The number of carbonyl (C=O) groups excluding carboxylic acids is 1. The third-order valence-electron chi connectivity index (χ3n) is 4.55. The van der Waals surface area contributed by atoms with E-state index in [4.69, 9.17) is 4.74 Å². The van der Waals surface area contributed by atoms with E-state index in [0.717, 1.165) is 27.0 Å². The van der Waals surface area contributed by atoms with Gasteiger partial charge in [-0.25, -0.2) is 0 Å². The number of aryl methyl sites for hydroxylation is 2. The molecule has 0 radical (unpaired) electrons. The lowest BCUT2D eigenvalue weighted by Crippen LogP contribution is -2.20.